The number of nitrogens with zero attached hydrogens (tertiary/aromatic N) is 3. The van der Waals surface area contributed by atoms with E-state index < -0.39 is 0 Å². The number of fused-ring (bicyclic) bond motifs is 1. The molecule has 19 heavy (non-hydrogen) atoms. The zero-order valence-corrected chi connectivity index (χ0v) is 10.3. The van der Waals surface area contributed by atoms with E-state index in [4.69, 9.17) is 5.26 Å². The molecule has 2 atom stereocenters. The molecule has 2 aromatic heterocycles. The molecule has 0 spiro atoms. The van der Waals surface area contributed by atoms with Crippen molar-refractivity contribution in [2.75, 3.05) is 5.32 Å². The van der Waals surface area contributed by atoms with E-state index in [1.165, 1.54) is 6.33 Å². The smallest absolute Gasteiger partial charge is 0.274 e. The highest BCUT2D eigenvalue weighted by atomic mass is 16.1. The molecule has 96 valence electrons. The molecule has 1 saturated carbocycles. The van der Waals surface area contributed by atoms with Crippen molar-refractivity contribution in [3.63, 3.8) is 0 Å². The molecule has 1 aliphatic carbocycles. The first kappa shape index (κ1) is 11.7. The minimum absolute atomic E-state index is 0.00649. The van der Waals surface area contributed by atoms with Crippen LogP contribution in [0.1, 0.15) is 19.3 Å². The SMILES string of the molecule is N#C[C@H]1CCC[C@H]1Nc1ncnc2c(=O)[nH]ccc12. The Hall–Kier alpha value is -2.42. The third kappa shape index (κ3) is 2.03. The van der Waals surface area contributed by atoms with Gasteiger partial charge in [0.2, 0.25) is 0 Å². The lowest BCUT2D eigenvalue weighted by atomic mass is 10.1. The molecule has 0 bridgehead atoms. The van der Waals surface area contributed by atoms with Gasteiger partial charge >= 0.3 is 0 Å². The maximum Gasteiger partial charge on any atom is 0.274 e. The van der Waals surface area contributed by atoms with Gasteiger partial charge in [-0.1, -0.05) is 0 Å². The lowest BCUT2D eigenvalue weighted by molar-refractivity contribution is 0.628. The van der Waals surface area contributed by atoms with Crippen LogP contribution < -0.4 is 10.9 Å². The van der Waals surface area contributed by atoms with Crippen LogP contribution in [-0.2, 0) is 0 Å². The number of hydrogen-bond donors (Lipinski definition) is 2. The molecule has 2 heterocycles. The summed E-state index contributed by atoms with van der Waals surface area (Å²) in [6.07, 6.45) is 5.86. The second-order valence-electron chi connectivity index (χ2n) is 4.71. The van der Waals surface area contributed by atoms with Crippen molar-refractivity contribution >= 4 is 16.7 Å². The first-order valence-corrected chi connectivity index (χ1v) is 6.28. The molecule has 0 unspecified atom stereocenters. The minimum Gasteiger partial charge on any atom is -0.365 e. The largest absolute Gasteiger partial charge is 0.365 e. The van der Waals surface area contributed by atoms with Crippen LogP contribution in [0, 0.1) is 17.2 Å². The number of nitrogens with one attached hydrogen (secondary N) is 2. The maximum atomic E-state index is 11.7. The Balaban J connectivity index is 2.00. The van der Waals surface area contributed by atoms with Crippen LogP contribution in [0.3, 0.4) is 0 Å². The zero-order valence-electron chi connectivity index (χ0n) is 10.3. The van der Waals surface area contributed by atoms with E-state index in [-0.39, 0.29) is 17.5 Å². The molecule has 6 heteroatoms. The first-order valence-electron chi connectivity index (χ1n) is 6.28. The number of rotatable bonds is 2. The Bertz CT molecular complexity index is 702. The van der Waals surface area contributed by atoms with Crippen molar-refractivity contribution in [1.82, 2.24) is 15.0 Å². The van der Waals surface area contributed by atoms with Crippen molar-refractivity contribution in [3.8, 4) is 6.07 Å². The summed E-state index contributed by atoms with van der Waals surface area (Å²) in [6.45, 7) is 0. The summed E-state index contributed by atoms with van der Waals surface area (Å²) >= 11 is 0. The molecule has 2 N–H and O–H groups in total. The molecule has 0 aromatic carbocycles. The van der Waals surface area contributed by atoms with Gasteiger partial charge in [-0.25, -0.2) is 9.97 Å². The van der Waals surface area contributed by atoms with Gasteiger partial charge in [0.25, 0.3) is 5.56 Å². The third-order valence-electron chi connectivity index (χ3n) is 3.57. The van der Waals surface area contributed by atoms with Crippen LogP contribution >= 0.6 is 0 Å². The lowest BCUT2D eigenvalue weighted by Gasteiger charge is -2.16. The Morgan fingerprint density at radius 1 is 1.42 bits per heavy atom. The van der Waals surface area contributed by atoms with Gasteiger partial charge < -0.3 is 10.3 Å². The van der Waals surface area contributed by atoms with E-state index in [9.17, 15) is 4.79 Å². The fraction of sp³-hybridized carbons (Fsp3) is 0.385. The van der Waals surface area contributed by atoms with Crippen LogP contribution in [0.2, 0.25) is 0 Å². The molecule has 0 saturated heterocycles. The monoisotopic (exact) mass is 255 g/mol. The quantitative estimate of drug-likeness (QED) is 0.846. The molecular formula is C13H13N5O. The fourth-order valence-corrected chi connectivity index (χ4v) is 2.58. The zero-order chi connectivity index (χ0) is 13.2. The maximum absolute atomic E-state index is 11.7. The first-order chi connectivity index (χ1) is 9.29. The number of hydrogen-bond acceptors (Lipinski definition) is 5. The van der Waals surface area contributed by atoms with Gasteiger partial charge in [0.1, 0.15) is 17.7 Å². The van der Waals surface area contributed by atoms with Gasteiger partial charge in [-0.15, -0.1) is 0 Å². The number of H-pyrrole nitrogens is 1. The lowest BCUT2D eigenvalue weighted by Crippen LogP contribution is -2.24. The summed E-state index contributed by atoms with van der Waals surface area (Å²) in [7, 11) is 0. The molecular weight excluding hydrogens is 242 g/mol. The topological polar surface area (TPSA) is 94.5 Å². The molecule has 0 amide bonds. The van der Waals surface area contributed by atoms with Crippen molar-refractivity contribution in [1.29, 1.82) is 5.26 Å². The number of pyridine rings is 1. The average Bonchev–Trinajstić information content (AvgIpc) is 2.87. The highest BCUT2D eigenvalue weighted by Gasteiger charge is 2.27. The molecule has 3 rings (SSSR count). The van der Waals surface area contributed by atoms with Crippen LogP contribution in [0.5, 0.6) is 0 Å². The van der Waals surface area contributed by atoms with Crippen molar-refractivity contribution in [3.05, 3.63) is 28.9 Å². The van der Waals surface area contributed by atoms with Gasteiger partial charge in [0.15, 0.2) is 0 Å². The van der Waals surface area contributed by atoms with E-state index in [1.807, 2.05) is 0 Å². The fourth-order valence-electron chi connectivity index (χ4n) is 2.58. The summed E-state index contributed by atoms with van der Waals surface area (Å²) in [4.78, 5) is 22.4. The Kier molecular flexibility index (Phi) is 2.88. The third-order valence-corrected chi connectivity index (χ3v) is 3.57. The Morgan fingerprint density at radius 3 is 3.16 bits per heavy atom. The van der Waals surface area contributed by atoms with Crippen LogP contribution in [0.15, 0.2) is 23.4 Å². The molecule has 1 aliphatic rings. The Labute approximate surface area is 109 Å². The number of aromatic nitrogens is 3. The van der Waals surface area contributed by atoms with E-state index >= 15 is 0 Å². The molecule has 0 radical (unpaired) electrons. The number of aromatic amines is 1. The predicted molar refractivity (Wildman–Crippen MR) is 70.5 cm³/mol. The molecule has 6 nitrogen and oxygen atoms in total. The van der Waals surface area contributed by atoms with E-state index in [2.05, 4.69) is 26.3 Å². The van der Waals surface area contributed by atoms with E-state index in [1.54, 1.807) is 12.3 Å². The minimum atomic E-state index is -0.230. The van der Waals surface area contributed by atoms with Gasteiger partial charge in [-0.05, 0) is 25.3 Å². The van der Waals surface area contributed by atoms with Crippen LogP contribution in [-0.4, -0.2) is 21.0 Å². The normalized spacial score (nSPS) is 22.3. The van der Waals surface area contributed by atoms with Crippen molar-refractivity contribution < 1.29 is 0 Å². The molecule has 1 fully saturated rings. The Morgan fingerprint density at radius 2 is 2.32 bits per heavy atom. The van der Waals surface area contributed by atoms with Crippen LogP contribution in [0.25, 0.3) is 10.9 Å². The molecule has 2 aromatic rings. The van der Waals surface area contributed by atoms with Crippen molar-refractivity contribution in [2.45, 2.75) is 25.3 Å². The van der Waals surface area contributed by atoms with Gasteiger partial charge in [-0.3, -0.25) is 4.79 Å². The van der Waals surface area contributed by atoms with Gasteiger partial charge in [-0.2, -0.15) is 5.26 Å². The van der Waals surface area contributed by atoms with Gasteiger partial charge in [0, 0.05) is 17.6 Å². The highest BCUT2D eigenvalue weighted by Crippen LogP contribution is 2.28. The molecule has 0 aliphatic heterocycles. The predicted octanol–water partition coefficient (Wildman–Crippen LogP) is 1.42. The summed E-state index contributed by atoms with van der Waals surface area (Å²) in [5.41, 5.74) is 0.137. The highest BCUT2D eigenvalue weighted by molar-refractivity contribution is 5.87. The van der Waals surface area contributed by atoms with Crippen molar-refractivity contribution in [2.24, 2.45) is 5.92 Å². The van der Waals surface area contributed by atoms with E-state index in [0.717, 1.165) is 19.3 Å². The summed E-state index contributed by atoms with van der Waals surface area (Å²) in [6, 6.07) is 4.19. The number of nitriles is 1. The second-order valence-corrected chi connectivity index (χ2v) is 4.71. The average molecular weight is 255 g/mol. The second kappa shape index (κ2) is 4.69. The summed E-state index contributed by atoms with van der Waals surface area (Å²) in [5.74, 6) is 0.635. The standard InChI is InChI=1S/C13H13N5O/c14-6-8-2-1-3-10(8)18-12-9-4-5-15-13(19)11(9)16-7-17-12/h4-5,7-8,10H,1-3H2,(H,15,19)(H,16,17,18)/t8-,10-/m1/s1. The van der Waals surface area contributed by atoms with Crippen LogP contribution in [0.4, 0.5) is 5.82 Å². The summed E-state index contributed by atoms with van der Waals surface area (Å²) in [5, 5.41) is 13.1. The summed E-state index contributed by atoms with van der Waals surface area (Å²) < 4.78 is 0. The number of anilines is 1. The van der Waals surface area contributed by atoms with E-state index in [0.29, 0.717) is 16.7 Å². The van der Waals surface area contributed by atoms with Gasteiger partial charge in [0.05, 0.1) is 12.0 Å².